The molecule has 3 nitrogen and oxygen atoms in total. The Kier molecular flexibility index (Phi) is 3.23. The summed E-state index contributed by atoms with van der Waals surface area (Å²) in [5.74, 6) is 0. The minimum atomic E-state index is 0.0509. The highest BCUT2D eigenvalue weighted by Crippen LogP contribution is 2.24. The molecule has 0 aromatic carbocycles. The molecule has 0 bridgehead atoms. The smallest absolute Gasteiger partial charge is 0.129 e. The lowest BCUT2D eigenvalue weighted by Gasteiger charge is -2.23. The van der Waals surface area contributed by atoms with Gasteiger partial charge in [-0.25, -0.2) is 4.98 Å². The molecule has 1 saturated heterocycles. The molecule has 1 N–H and O–H groups in total. The van der Waals surface area contributed by atoms with E-state index in [1.54, 1.807) is 12.1 Å². The van der Waals surface area contributed by atoms with Crippen molar-refractivity contribution in [3.63, 3.8) is 0 Å². The number of halogens is 2. The number of hydrogen-bond donors (Lipinski definition) is 1. The van der Waals surface area contributed by atoms with E-state index in [4.69, 9.17) is 27.9 Å². The van der Waals surface area contributed by atoms with Crippen molar-refractivity contribution < 1.29 is 4.74 Å². The van der Waals surface area contributed by atoms with Crippen molar-refractivity contribution in [2.24, 2.45) is 0 Å². The molecule has 1 fully saturated rings. The van der Waals surface area contributed by atoms with Crippen molar-refractivity contribution >= 4 is 23.2 Å². The van der Waals surface area contributed by atoms with Crippen LogP contribution in [0.3, 0.4) is 0 Å². The minimum Gasteiger partial charge on any atom is -0.378 e. The van der Waals surface area contributed by atoms with Gasteiger partial charge in [0.2, 0.25) is 0 Å². The third-order valence-electron chi connectivity index (χ3n) is 2.09. The van der Waals surface area contributed by atoms with Crippen molar-refractivity contribution in [3.05, 3.63) is 28.0 Å². The first kappa shape index (κ1) is 10.2. The highest BCUT2D eigenvalue weighted by atomic mass is 35.5. The summed E-state index contributed by atoms with van der Waals surface area (Å²) in [4.78, 5) is 4.19. The van der Waals surface area contributed by atoms with Gasteiger partial charge >= 0.3 is 0 Å². The summed E-state index contributed by atoms with van der Waals surface area (Å²) in [5.41, 5.74) is 0.763. The van der Waals surface area contributed by atoms with Gasteiger partial charge in [0.05, 0.1) is 30.0 Å². The van der Waals surface area contributed by atoms with Crippen molar-refractivity contribution in [2.75, 3.05) is 19.8 Å². The first-order chi connectivity index (χ1) is 6.77. The fourth-order valence-electron chi connectivity index (χ4n) is 1.42. The van der Waals surface area contributed by atoms with E-state index in [0.29, 0.717) is 16.8 Å². The Labute approximate surface area is 92.4 Å². The maximum Gasteiger partial charge on any atom is 0.129 e. The summed E-state index contributed by atoms with van der Waals surface area (Å²) in [6, 6.07) is 3.48. The molecule has 1 aliphatic rings. The van der Waals surface area contributed by atoms with Gasteiger partial charge in [0.1, 0.15) is 5.15 Å². The van der Waals surface area contributed by atoms with Gasteiger partial charge in [0.25, 0.3) is 0 Å². The van der Waals surface area contributed by atoms with Crippen LogP contribution in [0.15, 0.2) is 12.1 Å². The molecule has 0 saturated carbocycles. The number of rotatable bonds is 1. The van der Waals surface area contributed by atoms with Crippen LogP contribution < -0.4 is 5.32 Å². The number of hydrogen-bond acceptors (Lipinski definition) is 3. The lowest BCUT2D eigenvalue weighted by Crippen LogP contribution is -2.35. The zero-order valence-electron chi connectivity index (χ0n) is 7.46. The molecular formula is C9H10Cl2N2O. The second-order valence-corrected chi connectivity index (χ2v) is 3.88. The maximum absolute atomic E-state index is 6.01. The lowest BCUT2D eigenvalue weighted by molar-refractivity contribution is 0.0756. The van der Waals surface area contributed by atoms with Crippen LogP contribution in [-0.2, 0) is 4.74 Å². The van der Waals surface area contributed by atoms with Crippen LogP contribution in [-0.4, -0.2) is 24.7 Å². The number of aromatic nitrogens is 1. The van der Waals surface area contributed by atoms with Crippen LogP contribution in [0.4, 0.5) is 0 Å². The van der Waals surface area contributed by atoms with Crippen molar-refractivity contribution in [3.8, 4) is 0 Å². The molecular weight excluding hydrogens is 223 g/mol. The Balaban J connectivity index is 2.24. The van der Waals surface area contributed by atoms with E-state index in [1.165, 1.54) is 0 Å². The van der Waals surface area contributed by atoms with Crippen LogP contribution in [0, 0.1) is 0 Å². The SMILES string of the molecule is Clc1ccc(Cl)c([C@@H]2COCCN2)n1. The van der Waals surface area contributed by atoms with Gasteiger partial charge in [0, 0.05) is 6.54 Å². The van der Waals surface area contributed by atoms with Gasteiger partial charge in [-0.05, 0) is 12.1 Å². The number of nitrogens with zero attached hydrogens (tertiary/aromatic N) is 1. The standard InChI is InChI=1S/C9H10Cl2N2O/c10-6-1-2-8(11)13-9(6)7-5-14-4-3-12-7/h1-2,7,12H,3-5H2/t7-/m0/s1. The lowest BCUT2D eigenvalue weighted by atomic mass is 10.2. The Morgan fingerprint density at radius 3 is 3.00 bits per heavy atom. The summed E-state index contributed by atoms with van der Waals surface area (Å²) < 4.78 is 5.33. The fraction of sp³-hybridized carbons (Fsp3) is 0.444. The van der Waals surface area contributed by atoms with Gasteiger partial charge in [-0.15, -0.1) is 0 Å². The van der Waals surface area contributed by atoms with Gasteiger partial charge in [-0.1, -0.05) is 23.2 Å². The van der Waals surface area contributed by atoms with Gasteiger partial charge in [-0.2, -0.15) is 0 Å². The van der Waals surface area contributed by atoms with E-state index >= 15 is 0 Å². The topological polar surface area (TPSA) is 34.1 Å². The Morgan fingerprint density at radius 1 is 1.43 bits per heavy atom. The number of ether oxygens (including phenoxy) is 1. The monoisotopic (exact) mass is 232 g/mol. The third kappa shape index (κ3) is 2.17. The molecule has 0 unspecified atom stereocenters. The molecule has 0 aliphatic carbocycles. The van der Waals surface area contributed by atoms with E-state index in [-0.39, 0.29) is 6.04 Å². The van der Waals surface area contributed by atoms with E-state index in [1.807, 2.05) is 0 Å². The van der Waals surface area contributed by atoms with E-state index in [0.717, 1.165) is 18.8 Å². The normalized spacial score (nSPS) is 22.3. The summed E-state index contributed by atoms with van der Waals surface area (Å²) in [6.07, 6.45) is 0. The van der Waals surface area contributed by atoms with Crippen molar-refractivity contribution in [1.82, 2.24) is 10.3 Å². The highest BCUT2D eigenvalue weighted by molar-refractivity contribution is 6.32. The predicted octanol–water partition coefficient (Wildman–Crippen LogP) is 2.05. The van der Waals surface area contributed by atoms with Crippen LogP contribution >= 0.6 is 23.2 Å². The van der Waals surface area contributed by atoms with Crippen LogP contribution in [0.2, 0.25) is 10.2 Å². The summed E-state index contributed by atoms with van der Waals surface area (Å²) in [6.45, 7) is 2.14. The number of morpholine rings is 1. The van der Waals surface area contributed by atoms with Crippen LogP contribution in [0.5, 0.6) is 0 Å². The zero-order valence-corrected chi connectivity index (χ0v) is 8.98. The largest absolute Gasteiger partial charge is 0.378 e. The Hall–Kier alpha value is -0.350. The molecule has 2 rings (SSSR count). The average molecular weight is 233 g/mol. The highest BCUT2D eigenvalue weighted by Gasteiger charge is 2.19. The summed E-state index contributed by atoms with van der Waals surface area (Å²) >= 11 is 11.8. The molecule has 0 amide bonds. The summed E-state index contributed by atoms with van der Waals surface area (Å²) in [7, 11) is 0. The first-order valence-electron chi connectivity index (χ1n) is 4.40. The predicted molar refractivity (Wildman–Crippen MR) is 55.8 cm³/mol. The second kappa shape index (κ2) is 4.45. The molecule has 14 heavy (non-hydrogen) atoms. The van der Waals surface area contributed by atoms with Crippen molar-refractivity contribution in [2.45, 2.75) is 6.04 Å². The molecule has 2 heterocycles. The maximum atomic E-state index is 6.01. The summed E-state index contributed by atoms with van der Waals surface area (Å²) in [5, 5.41) is 4.35. The molecule has 1 aliphatic heterocycles. The molecule has 1 aromatic rings. The number of nitrogens with one attached hydrogen (secondary N) is 1. The second-order valence-electron chi connectivity index (χ2n) is 3.08. The molecule has 1 aromatic heterocycles. The van der Waals surface area contributed by atoms with E-state index < -0.39 is 0 Å². The van der Waals surface area contributed by atoms with Crippen molar-refractivity contribution in [1.29, 1.82) is 0 Å². The van der Waals surface area contributed by atoms with Gasteiger partial charge in [-0.3, -0.25) is 0 Å². The zero-order chi connectivity index (χ0) is 9.97. The van der Waals surface area contributed by atoms with Gasteiger partial charge < -0.3 is 10.1 Å². The van der Waals surface area contributed by atoms with Crippen LogP contribution in [0.25, 0.3) is 0 Å². The van der Waals surface area contributed by atoms with E-state index in [2.05, 4.69) is 10.3 Å². The molecule has 76 valence electrons. The minimum absolute atomic E-state index is 0.0509. The molecule has 5 heteroatoms. The number of pyridine rings is 1. The van der Waals surface area contributed by atoms with Gasteiger partial charge in [0.15, 0.2) is 0 Å². The molecule has 0 spiro atoms. The quantitative estimate of drug-likeness (QED) is 0.754. The van der Waals surface area contributed by atoms with Crippen LogP contribution in [0.1, 0.15) is 11.7 Å². The molecule has 0 radical (unpaired) electrons. The fourth-order valence-corrected chi connectivity index (χ4v) is 1.81. The Bertz CT molecular complexity index is 327. The molecule has 1 atom stereocenters. The third-order valence-corrected chi connectivity index (χ3v) is 2.62. The van der Waals surface area contributed by atoms with E-state index in [9.17, 15) is 0 Å². The Morgan fingerprint density at radius 2 is 2.29 bits per heavy atom. The first-order valence-corrected chi connectivity index (χ1v) is 5.16. The average Bonchev–Trinajstić information content (AvgIpc) is 2.23.